The first-order valence-corrected chi connectivity index (χ1v) is 12.3. The van der Waals surface area contributed by atoms with Crippen molar-refractivity contribution in [3.63, 3.8) is 0 Å². The molecule has 1 amide bonds. The molecular formula is C25H27F3INO5. The number of aliphatic hydroxyl groups is 1. The lowest BCUT2D eigenvalue weighted by atomic mass is 9.83. The summed E-state index contributed by atoms with van der Waals surface area (Å²) in [5.41, 5.74) is -0.575. The number of carbonyl (C=O) groups is 1. The van der Waals surface area contributed by atoms with Gasteiger partial charge in [-0.05, 0) is 55.2 Å². The molecule has 1 saturated heterocycles. The number of alkyl halides is 2. The van der Waals surface area contributed by atoms with Gasteiger partial charge in [-0.25, -0.2) is 13.2 Å². The smallest absolute Gasteiger partial charge is 0.254 e. The van der Waals surface area contributed by atoms with E-state index in [0.29, 0.717) is 42.0 Å². The van der Waals surface area contributed by atoms with E-state index in [2.05, 4.69) is 0 Å². The van der Waals surface area contributed by atoms with Crippen molar-refractivity contribution >= 4 is 28.9 Å². The normalized spacial score (nSPS) is 24.1. The van der Waals surface area contributed by atoms with E-state index in [0.717, 1.165) is 0 Å². The summed E-state index contributed by atoms with van der Waals surface area (Å²) in [5.74, 6) is -3.29. The van der Waals surface area contributed by atoms with E-state index in [1.54, 1.807) is 47.3 Å². The third kappa shape index (κ3) is 5.86. The largest absolute Gasteiger partial charge is 0.493 e. The Balaban J connectivity index is 1.45. The van der Waals surface area contributed by atoms with E-state index in [9.17, 15) is 23.1 Å². The monoisotopic (exact) mass is 605 g/mol. The minimum atomic E-state index is -2.59. The van der Waals surface area contributed by atoms with Gasteiger partial charge in [-0.2, -0.15) is 0 Å². The van der Waals surface area contributed by atoms with Crippen LogP contribution in [-0.2, 0) is 3.07 Å². The van der Waals surface area contributed by atoms with Crippen molar-refractivity contribution in [1.29, 1.82) is 0 Å². The number of ether oxygens (including phenoxy) is 2. The lowest BCUT2D eigenvalue weighted by Gasteiger charge is -2.42. The molecule has 4 rings (SSSR count). The zero-order chi connectivity index (χ0) is 25.2. The Morgan fingerprint density at radius 2 is 2.03 bits per heavy atom. The number of hydrogen-bond acceptors (Lipinski definition) is 5. The average Bonchev–Trinajstić information content (AvgIpc) is 3.45. The number of piperidine rings is 1. The van der Waals surface area contributed by atoms with Crippen LogP contribution >= 0.6 is 23.0 Å². The van der Waals surface area contributed by atoms with Crippen LogP contribution in [0.5, 0.6) is 11.5 Å². The minimum Gasteiger partial charge on any atom is -0.493 e. The molecule has 1 aliphatic heterocycles. The average molecular weight is 605 g/mol. The summed E-state index contributed by atoms with van der Waals surface area (Å²) in [6.45, 7) is 0.571. The van der Waals surface area contributed by atoms with Crippen molar-refractivity contribution in [2.45, 2.75) is 43.3 Å². The molecular weight excluding hydrogens is 578 g/mol. The maximum absolute atomic E-state index is 13.8. The first kappa shape index (κ1) is 26.0. The molecule has 3 unspecified atom stereocenters. The summed E-state index contributed by atoms with van der Waals surface area (Å²) in [4.78, 5) is 14.8. The highest BCUT2D eigenvalue weighted by molar-refractivity contribution is 14.1. The number of amides is 1. The molecule has 0 radical (unpaired) electrons. The van der Waals surface area contributed by atoms with E-state index < -0.39 is 29.4 Å². The van der Waals surface area contributed by atoms with Crippen LogP contribution in [0.3, 0.4) is 0 Å². The predicted molar refractivity (Wildman–Crippen MR) is 130 cm³/mol. The third-order valence-corrected chi connectivity index (χ3v) is 7.12. The van der Waals surface area contributed by atoms with Gasteiger partial charge in [0, 0.05) is 24.4 Å². The SMILES string of the molecule is COc1cc(C(=O)N2CCCC(O)(C(OI)c3cccc(F)c3)C2)ccc1OCCC1CC1(F)F. The first-order valence-electron chi connectivity index (χ1n) is 11.4. The number of rotatable bonds is 9. The highest BCUT2D eigenvalue weighted by atomic mass is 127. The Hall–Kier alpha value is -2.05. The molecule has 2 aromatic rings. The molecule has 1 N–H and O–H groups in total. The van der Waals surface area contributed by atoms with Crippen LogP contribution in [0.25, 0.3) is 0 Å². The lowest BCUT2D eigenvalue weighted by Crippen LogP contribution is -2.53. The molecule has 3 atom stereocenters. The summed E-state index contributed by atoms with van der Waals surface area (Å²) in [7, 11) is 1.44. The van der Waals surface area contributed by atoms with Crippen molar-refractivity contribution in [2.24, 2.45) is 5.92 Å². The van der Waals surface area contributed by atoms with E-state index >= 15 is 0 Å². The van der Waals surface area contributed by atoms with Crippen LogP contribution in [0.4, 0.5) is 13.2 Å². The second-order valence-electron chi connectivity index (χ2n) is 9.12. The van der Waals surface area contributed by atoms with Gasteiger partial charge in [0.05, 0.1) is 20.3 Å². The maximum atomic E-state index is 13.8. The topological polar surface area (TPSA) is 68.2 Å². The molecule has 1 saturated carbocycles. The fraction of sp³-hybridized carbons (Fsp3) is 0.480. The standard InChI is InChI=1S/C25H27F3INO5/c1-33-21-13-17(6-7-20(21)34-11-8-18-14-25(18,27)28)23(31)30-10-3-9-24(32,15-30)22(35-29)16-4-2-5-19(26)12-16/h2,4-7,12-13,18,22,32H,3,8-11,14-15H2,1H3. The molecule has 1 heterocycles. The molecule has 1 aliphatic carbocycles. The summed E-state index contributed by atoms with van der Waals surface area (Å²) >= 11 is 1.69. The van der Waals surface area contributed by atoms with E-state index in [1.165, 1.54) is 30.2 Å². The predicted octanol–water partition coefficient (Wildman–Crippen LogP) is 5.33. The molecule has 10 heteroatoms. The molecule has 0 spiro atoms. The molecule has 0 aromatic heterocycles. The fourth-order valence-corrected chi connectivity index (χ4v) is 5.33. The summed E-state index contributed by atoms with van der Waals surface area (Å²) < 4.78 is 56.4. The fourth-order valence-electron chi connectivity index (χ4n) is 4.56. The van der Waals surface area contributed by atoms with E-state index in [4.69, 9.17) is 12.5 Å². The van der Waals surface area contributed by atoms with E-state index in [1.807, 2.05) is 0 Å². The molecule has 35 heavy (non-hydrogen) atoms. The Kier molecular flexibility index (Phi) is 7.82. The minimum absolute atomic E-state index is 0.00613. The Bertz CT molecular complexity index is 1070. The van der Waals surface area contributed by atoms with Gasteiger partial charge in [-0.15, -0.1) is 0 Å². The van der Waals surface area contributed by atoms with Crippen LogP contribution in [0, 0.1) is 11.7 Å². The van der Waals surface area contributed by atoms with Gasteiger partial charge >= 0.3 is 0 Å². The molecule has 2 aromatic carbocycles. The number of hydrogen-bond donors (Lipinski definition) is 1. The summed E-state index contributed by atoms with van der Waals surface area (Å²) in [5, 5.41) is 11.4. The van der Waals surface area contributed by atoms with Gasteiger partial charge in [0.15, 0.2) is 11.5 Å². The second kappa shape index (κ2) is 10.5. The highest BCUT2D eigenvalue weighted by Gasteiger charge is 2.56. The number of likely N-dealkylation sites (tertiary alicyclic amines) is 1. The quantitative estimate of drug-likeness (QED) is 0.392. The molecule has 190 valence electrons. The Morgan fingerprint density at radius 1 is 1.26 bits per heavy atom. The summed E-state index contributed by atoms with van der Waals surface area (Å²) in [6.07, 6.45) is 0.244. The van der Waals surface area contributed by atoms with Gasteiger partial charge in [0.2, 0.25) is 0 Å². The van der Waals surface area contributed by atoms with Gasteiger partial charge in [0.1, 0.15) is 40.5 Å². The van der Waals surface area contributed by atoms with Gasteiger partial charge in [0.25, 0.3) is 11.8 Å². The van der Waals surface area contributed by atoms with Crippen molar-refractivity contribution < 1.29 is 35.6 Å². The van der Waals surface area contributed by atoms with Gasteiger partial charge in [-0.3, -0.25) is 4.79 Å². The number of benzene rings is 2. The highest BCUT2D eigenvalue weighted by Crippen LogP contribution is 2.50. The molecule has 2 aliphatic rings. The molecule has 0 bridgehead atoms. The molecule has 2 fully saturated rings. The molecule has 6 nitrogen and oxygen atoms in total. The number of halogens is 4. The van der Waals surface area contributed by atoms with Crippen LogP contribution in [0.2, 0.25) is 0 Å². The van der Waals surface area contributed by atoms with Crippen molar-refractivity contribution in [3.8, 4) is 11.5 Å². The zero-order valence-electron chi connectivity index (χ0n) is 19.2. The zero-order valence-corrected chi connectivity index (χ0v) is 21.3. The first-order chi connectivity index (χ1) is 16.7. The van der Waals surface area contributed by atoms with Crippen LogP contribution in [0.1, 0.15) is 47.7 Å². The Morgan fingerprint density at radius 3 is 2.69 bits per heavy atom. The van der Waals surface area contributed by atoms with Gasteiger partial charge in [-0.1, -0.05) is 12.1 Å². The number of carbonyl (C=O) groups excluding carboxylic acids is 1. The summed E-state index contributed by atoms with van der Waals surface area (Å²) in [6, 6.07) is 10.6. The van der Waals surface area contributed by atoms with E-state index in [-0.39, 0.29) is 31.9 Å². The van der Waals surface area contributed by atoms with Crippen molar-refractivity contribution in [1.82, 2.24) is 4.90 Å². The number of methoxy groups -OCH3 is 1. The third-order valence-electron chi connectivity index (χ3n) is 6.61. The number of nitrogens with zero attached hydrogens (tertiary/aromatic N) is 1. The van der Waals surface area contributed by atoms with Crippen LogP contribution in [0.15, 0.2) is 42.5 Å². The lowest BCUT2D eigenvalue weighted by molar-refractivity contribution is -0.0874. The number of β-amino-alcohol motifs (C(OH)–C–C–N with tert-alkyl or cyclic N) is 1. The van der Waals surface area contributed by atoms with Crippen molar-refractivity contribution in [2.75, 3.05) is 26.8 Å². The second-order valence-corrected chi connectivity index (χ2v) is 9.63. The van der Waals surface area contributed by atoms with Crippen LogP contribution < -0.4 is 9.47 Å². The van der Waals surface area contributed by atoms with Crippen LogP contribution in [-0.4, -0.2) is 54.2 Å². The van der Waals surface area contributed by atoms with Crippen molar-refractivity contribution in [3.05, 3.63) is 59.4 Å². The Labute approximate surface area is 216 Å². The maximum Gasteiger partial charge on any atom is 0.254 e. The van der Waals surface area contributed by atoms with Gasteiger partial charge < -0.3 is 22.5 Å².